The molecular weight excluding hydrogens is 186 g/mol. The maximum Gasteiger partial charge on any atom is 0.276 e. The zero-order chi connectivity index (χ0) is 10.1. The van der Waals surface area contributed by atoms with Crippen LogP contribution in [0.3, 0.4) is 0 Å². The van der Waals surface area contributed by atoms with Crippen molar-refractivity contribution in [2.45, 2.75) is 12.1 Å². The van der Waals surface area contributed by atoms with E-state index < -0.39 is 17.1 Å². The number of para-hydroxylation sites is 1. The van der Waals surface area contributed by atoms with E-state index in [0.717, 1.165) is 0 Å². The molecule has 1 heterocycles. The van der Waals surface area contributed by atoms with E-state index in [2.05, 4.69) is 0 Å². The third kappa shape index (κ3) is 1.31. The Morgan fingerprint density at radius 1 is 1.50 bits per heavy atom. The summed E-state index contributed by atoms with van der Waals surface area (Å²) < 4.78 is 5.17. The van der Waals surface area contributed by atoms with Gasteiger partial charge in [0, 0.05) is 10.5 Å². The van der Waals surface area contributed by atoms with E-state index in [1.165, 1.54) is 0 Å². The van der Waals surface area contributed by atoms with Crippen molar-refractivity contribution in [3.63, 3.8) is 0 Å². The molecule has 1 aliphatic heterocycles. The Kier molecular flexibility index (Phi) is 2.09. The number of aliphatic hydroxyl groups is 1. The van der Waals surface area contributed by atoms with Crippen molar-refractivity contribution < 1.29 is 14.8 Å². The molecule has 0 saturated heterocycles. The molecule has 5 nitrogen and oxygen atoms in total. The molecule has 1 aliphatic rings. The number of aliphatic hydroxyl groups excluding tert-OH is 1. The van der Waals surface area contributed by atoms with E-state index in [-0.39, 0.29) is 6.61 Å². The van der Waals surface area contributed by atoms with Gasteiger partial charge in [0.2, 0.25) is 0 Å². The van der Waals surface area contributed by atoms with Crippen molar-refractivity contribution in [2.75, 3.05) is 6.61 Å². The normalized spacial score (nSPS) is 24.9. The van der Waals surface area contributed by atoms with Crippen LogP contribution in [0.15, 0.2) is 24.3 Å². The highest BCUT2D eigenvalue weighted by Crippen LogP contribution is 2.32. The molecule has 0 aliphatic carbocycles. The van der Waals surface area contributed by atoms with Crippen LogP contribution in [0.2, 0.25) is 0 Å². The lowest BCUT2D eigenvalue weighted by molar-refractivity contribution is -0.539. The fraction of sp³-hybridized carbons (Fsp3) is 0.333. The molecule has 2 rings (SSSR count). The van der Waals surface area contributed by atoms with Gasteiger partial charge in [-0.3, -0.25) is 10.1 Å². The Morgan fingerprint density at radius 2 is 2.21 bits per heavy atom. The summed E-state index contributed by atoms with van der Waals surface area (Å²) in [6.45, 7) is -0.0782. The third-order valence-corrected chi connectivity index (χ3v) is 2.28. The summed E-state index contributed by atoms with van der Waals surface area (Å²) in [6.07, 6.45) is -1.07. The number of fused-ring (bicyclic) bond motifs is 1. The summed E-state index contributed by atoms with van der Waals surface area (Å²) in [4.78, 5) is 10.0. The summed E-state index contributed by atoms with van der Waals surface area (Å²) in [6, 6.07) is 5.74. The van der Waals surface area contributed by atoms with Crippen LogP contribution in [0.5, 0.6) is 5.75 Å². The minimum Gasteiger partial charge on any atom is -0.486 e. The first kappa shape index (κ1) is 8.96. The smallest absolute Gasteiger partial charge is 0.276 e. The molecule has 1 aromatic rings. The predicted octanol–water partition coefficient (Wildman–Crippen LogP) is 0.758. The molecule has 2 atom stereocenters. The number of nitrogens with zero attached hydrogens (tertiary/aromatic N) is 1. The molecule has 0 bridgehead atoms. The quantitative estimate of drug-likeness (QED) is 0.530. The molecule has 1 N–H and O–H groups in total. The van der Waals surface area contributed by atoms with Gasteiger partial charge in [0.05, 0.1) is 0 Å². The van der Waals surface area contributed by atoms with Crippen LogP contribution in [-0.4, -0.2) is 22.7 Å². The number of nitro groups is 1. The van der Waals surface area contributed by atoms with Gasteiger partial charge in [0.15, 0.2) is 12.7 Å². The molecule has 0 spiro atoms. The first-order chi connectivity index (χ1) is 6.70. The van der Waals surface area contributed by atoms with Crippen LogP contribution in [0.1, 0.15) is 11.7 Å². The van der Waals surface area contributed by atoms with E-state index in [1.807, 2.05) is 0 Å². The zero-order valence-corrected chi connectivity index (χ0v) is 7.29. The molecule has 5 heteroatoms. The lowest BCUT2D eigenvalue weighted by atomic mass is 10.00. The van der Waals surface area contributed by atoms with Crippen molar-refractivity contribution in [1.29, 1.82) is 0 Å². The Morgan fingerprint density at radius 3 is 2.93 bits per heavy atom. The molecule has 14 heavy (non-hydrogen) atoms. The first-order valence-corrected chi connectivity index (χ1v) is 4.23. The topological polar surface area (TPSA) is 72.6 Å². The minimum absolute atomic E-state index is 0.0782. The van der Waals surface area contributed by atoms with E-state index >= 15 is 0 Å². The van der Waals surface area contributed by atoms with Crippen LogP contribution in [0.25, 0.3) is 0 Å². The van der Waals surface area contributed by atoms with E-state index in [1.54, 1.807) is 24.3 Å². The molecule has 0 radical (unpaired) electrons. The Labute approximate surface area is 80.1 Å². The summed E-state index contributed by atoms with van der Waals surface area (Å²) >= 11 is 0. The number of hydrogen-bond donors (Lipinski definition) is 1. The van der Waals surface area contributed by atoms with Gasteiger partial charge in [-0.1, -0.05) is 18.2 Å². The van der Waals surface area contributed by atoms with Crippen molar-refractivity contribution >= 4 is 0 Å². The van der Waals surface area contributed by atoms with Crippen LogP contribution in [-0.2, 0) is 0 Å². The van der Waals surface area contributed by atoms with Gasteiger partial charge in [-0.2, -0.15) is 0 Å². The standard InChI is InChI=1S/C9H9NO4/c11-9-6-3-1-2-4-8(6)14-5-7(9)10(12)13/h1-4,7,9,11H,5H2. The summed E-state index contributed by atoms with van der Waals surface area (Å²) in [5, 5.41) is 20.2. The molecule has 74 valence electrons. The van der Waals surface area contributed by atoms with Crippen molar-refractivity contribution in [3.8, 4) is 5.75 Å². The molecule has 0 aromatic heterocycles. The lowest BCUT2D eigenvalue weighted by Gasteiger charge is -2.24. The molecule has 0 amide bonds. The molecule has 0 saturated carbocycles. The van der Waals surface area contributed by atoms with Crippen molar-refractivity contribution in [3.05, 3.63) is 39.9 Å². The van der Waals surface area contributed by atoms with Gasteiger partial charge in [-0.25, -0.2) is 0 Å². The molecule has 1 aromatic carbocycles. The number of rotatable bonds is 1. The van der Waals surface area contributed by atoms with Crippen LogP contribution < -0.4 is 4.74 Å². The maximum atomic E-state index is 10.5. The van der Waals surface area contributed by atoms with Crippen molar-refractivity contribution in [1.82, 2.24) is 0 Å². The first-order valence-electron chi connectivity index (χ1n) is 4.23. The van der Waals surface area contributed by atoms with Crippen LogP contribution in [0.4, 0.5) is 0 Å². The monoisotopic (exact) mass is 195 g/mol. The zero-order valence-electron chi connectivity index (χ0n) is 7.29. The predicted molar refractivity (Wildman–Crippen MR) is 47.7 cm³/mol. The van der Waals surface area contributed by atoms with E-state index in [0.29, 0.717) is 11.3 Å². The molecular formula is C9H9NO4. The summed E-state index contributed by atoms with van der Waals surface area (Å²) in [7, 11) is 0. The fourth-order valence-electron chi connectivity index (χ4n) is 1.51. The number of benzene rings is 1. The van der Waals surface area contributed by atoms with E-state index in [4.69, 9.17) is 4.74 Å². The number of hydrogen-bond acceptors (Lipinski definition) is 4. The van der Waals surface area contributed by atoms with Crippen LogP contribution in [0, 0.1) is 10.1 Å². The summed E-state index contributed by atoms with van der Waals surface area (Å²) in [5.74, 6) is 0.526. The molecule has 0 fully saturated rings. The van der Waals surface area contributed by atoms with Gasteiger partial charge in [0.25, 0.3) is 6.04 Å². The lowest BCUT2D eigenvalue weighted by Crippen LogP contribution is -2.37. The number of ether oxygens (including phenoxy) is 1. The molecule has 2 unspecified atom stereocenters. The van der Waals surface area contributed by atoms with Crippen LogP contribution >= 0.6 is 0 Å². The van der Waals surface area contributed by atoms with Gasteiger partial charge in [-0.15, -0.1) is 0 Å². The van der Waals surface area contributed by atoms with E-state index in [9.17, 15) is 15.2 Å². The Hall–Kier alpha value is -1.62. The Bertz CT molecular complexity index is 366. The Balaban J connectivity index is 2.36. The largest absolute Gasteiger partial charge is 0.486 e. The summed E-state index contributed by atoms with van der Waals surface area (Å²) in [5.41, 5.74) is 0.487. The average molecular weight is 195 g/mol. The van der Waals surface area contributed by atoms with Gasteiger partial charge in [-0.05, 0) is 6.07 Å². The highest BCUT2D eigenvalue weighted by Gasteiger charge is 2.37. The van der Waals surface area contributed by atoms with Gasteiger partial charge >= 0.3 is 0 Å². The maximum absolute atomic E-state index is 10.5. The van der Waals surface area contributed by atoms with Crippen molar-refractivity contribution in [2.24, 2.45) is 0 Å². The highest BCUT2D eigenvalue weighted by molar-refractivity contribution is 5.37. The highest BCUT2D eigenvalue weighted by atomic mass is 16.6. The SMILES string of the molecule is O=[N+]([O-])C1COc2ccccc2C1O. The average Bonchev–Trinajstić information content (AvgIpc) is 2.18. The second-order valence-electron chi connectivity index (χ2n) is 3.15. The third-order valence-electron chi connectivity index (χ3n) is 2.28. The second-order valence-corrected chi connectivity index (χ2v) is 3.15. The minimum atomic E-state index is -1.07. The van der Waals surface area contributed by atoms with Gasteiger partial charge < -0.3 is 9.84 Å². The van der Waals surface area contributed by atoms with Gasteiger partial charge in [0.1, 0.15) is 5.75 Å². The second kappa shape index (κ2) is 3.26. The fourth-order valence-corrected chi connectivity index (χ4v) is 1.51.